The lowest BCUT2D eigenvalue weighted by molar-refractivity contribution is 0.387. The van der Waals surface area contributed by atoms with E-state index in [1.165, 1.54) is 0 Å². The van der Waals surface area contributed by atoms with Crippen molar-refractivity contribution in [2.45, 2.75) is 49.6 Å². The molecule has 1 aliphatic rings. The van der Waals surface area contributed by atoms with E-state index in [9.17, 15) is 8.42 Å². The number of sulfonamides is 1. The number of rotatable bonds is 5. The van der Waals surface area contributed by atoms with Gasteiger partial charge in [0.15, 0.2) is 0 Å². The molecule has 0 bridgehead atoms. The number of hydrogen-bond donors (Lipinski definition) is 2. The summed E-state index contributed by atoms with van der Waals surface area (Å²) in [6, 6.07) is 15.0. The van der Waals surface area contributed by atoms with Crippen LogP contribution in [0.1, 0.15) is 31.2 Å². The molecule has 0 atom stereocenters. The van der Waals surface area contributed by atoms with Gasteiger partial charge in [-0.15, -0.1) is 0 Å². The molecule has 1 aliphatic carbocycles. The van der Waals surface area contributed by atoms with Crippen LogP contribution in [0.25, 0.3) is 10.9 Å². The van der Waals surface area contributed by atoms with E-state index in [1.807, 2.05) is 37.3 Å². The van der Waals surface area contributed by atoms with E-state index >= 15 is 0 Å². The third-order valence-electron chi connectivity index (χ3n) is 5.41. The Morgan fingerprint density at radius 2 is 1.76 bits per heavy atom. The monoisotopic (exact) mass is 429 g/mol. The van der Waals surface area contributed by atoms with Crippen molar-refractivity contribution in [3.05, 3.63) is 65.3 Å². The smallest absolute Gasteiger partial charge is 0.240 e. The van der Waals surface area contributed by atoms with Gasteiger partial charge in [0, 0.05) is 34.4 Å². The number of benzene rings is 2. The Hall–Kier alpha value is -2.15. The number of aromatic nitrogens is 1. The minimum atomic E-state index is -3.48. The van der Waals surface area contributed by atoms with Crippen molar-refractivity contribution < 1.29 is 8.42 Å². The summed E-state index contributed by atoms with van der Waals surface area (Å²) in [6.07, 6.45) is 5.19. The molecular weight excluding hydrogens is 406 g/mol. The van der Waals surface area contributed by atoms with Crippen LogP contribution < -0.4 is 10.0 Å². The third kappa shape index (κ3) is 4.71. The Morgan fingerprint density at radius 1 is 1.00 bits per heavy atom. The molecule has 29 heavy (non-hydrogen) atoms. The quantitative estimate of drug-likeness (QED) is 0.605. The second kappa shape index (κ2) is 8.30. The zero-order chi connectivity index (χ0) is 20.4. The van der Waals surface area contributed by atoms with E-state index in [0.717, 1.165) is 47.8 Å². The van der Waals surface area contributed by atoms with E-state index < -0.39 is 10.0 Å². The predicted octanol–water partition coefficient (Wildman–Crippen LogP) is 4.90. The molecule has 0 radical (unpaired) electrons. The number of halogens is 1. The first-order chi connectivity index (χ1) is 13.9. The Bertz CT molecular complexity index is 1130. The third-order valence-corrected chi connectivity index (χ3v) is 7.17. The van der Waals surface area contributed by atoms with Gasteiger partial charge in [-0.25, -0.2) is 13.1 Å². The molecule has 152 valence electrons. The van der Waals surface area contributed by atoms with Crippen LogP contribution in [0.3, 0.4) is 0 Å². The highest BCUT2D eigenvalue weighted by atomic mass is 35.5. The van der Waals surface area contributed by atoms with Crippen molar-refractivity contribution in [1.82, 2.24) is 9.71 Å². The van der Waals surface area contributed by atoms with Gasteiger partial charge in [0.25, 0.3) is 0 Å². The maximum Gasteiger partial charge on any atom is 0.240 e. The predicted molar refractivity (Wildman–Crippen MR) is 118 cm³/mol. The molecule has 0 saturated heterocycles. The molecule has 0 spiro atoms. The summed E-state index contributed by atoms with van der Waals surface area (Å²) < 4.78 is 28.2. The molecule has 1 saturated carbocycles. The van der Waals surface area contributed by atoms with Gasteiger partial charge in [-0.05, 0) is 74.6 Å². The number of hydrogen-bond acceptors (Lipinski definition) is 4. The molecule has 2 N–H and O–H groups in total. The number of pyridine rings is 1. The van der Waals surface area contributed by atoms with Gasteiger partial charge in [0.1, 0.15) is 0 Å². The Balaban J connectivity index is 1.39. The highest BCUT2D eigenvalue weighted by Crippen LogP contribution is 2.28. The van der Waals surface area contributed by atoms with Crippen molar-refractivity contribution in [3.63, 3.8) is 0 Å². The largest absolute Gasteiger partial charge is 0.382 e. The Labute approximate surface area is 176 Å². The van der Waals surface area contributed by atoms with Crippen molar-refractivity contribution in [2.24, 2.45) is 0 Å². The zero-order valence-corrected chi connectivity index (χ0v) is 17.8. The van der Waals surface area contributed by atoms with E-state index in [0.29, 0.717) is 16.0 Å². The summed E-state index contributed by atoms with van der Waals surface area (Å²) in [7, 11) is -3.48. The Kier molecular flexibility index (Phi) is 5.76. The van der Waals surface area contributed by atoms with Crippen LogP contribution in [-0.4, -0.2) is 25.5 Å². The molecule has 2 aromatic carbocycles. The van der Waals surface area contributed by atoms with Gasteiger partial charge in [-0.3, -0.25) is 4.98 Å². The molecule has 0 unspecified atom stereocenters. The number of nitrogens with one attached hydrogen (secondary N) is 2. The molecular formula is C22H24ClN3O2S. The van der Waals surface area contributed by atoms with Crippen molar-refractivity contribution in [2.75, 3.05) is 5.32 Å². The molecule has 4 rings (SSSR count). The second-order valence-electron chi connectivity index (χ2n) is 7.65. The maximum absolute atomic E-state index is 12.7. The SMILES string of the molecule is Cc1cccc(S(=O)(=O)N[C@H]2CC[C@@H](Nc3ccnc4cc(Cl)ccc34)CC2)c1. The Morgan fingerprint density at radius 3 is 2.52 bits per heavy atom. The molecule has 5 nitrogen and oxygen atoms in total. The van der Waals surface area contributed by atoms with Crippen molar-refractivity contribution in [3.8, 4) is 0 Å². The first-order valence-electron chi connectivity index (χ1n) is 9.80. The lowest BCUT2D eigenvalue weighted by atomic mass is 9.91. The van der Waals surface area contributed by atoms with Gasteiger partial charge >= 0.3 is 0 Å². The maximum atomic E-state index is 12.7. The van der Waals surface area contributed by atoms with E-state index in [1.54, 1.807) is 24.4 Å². The topological polar surface area (TPSA) is 71.1 Å². The van der Waals surface area contributed by atoms with E-state index in [2.05, 4.69) is 15.0 Å². The molecule has 1 aromatic heterocycles. The fraction of sp³-hybridized carbons (Fsp3) is 0.318. The molecule has 0 amide bonds. The first-order valence-corrected chi connectivity index (χ1v) is 11.7. The van der Waals surface area contributed by atoms with Crippen LogP contribution >= 0.6 is 11.6 Å². The van der Waals surface area contributed by atoms with Crippen molar-refractivity contribution in [1.29, 1.82) is 0 Å². The minimum absolute atomic E-state index is 0.0356. The summed E-state index contributed by atoms with van der Waals surface area (Å²) >= 11 is 6.07. The van der Waals surface area contributed by atoms with Crippen LogP contribution in [0.4, 0.5) is 5.69 Å². The average molecular weight is 430 g/mol. The first kappa shape index (κ1) is 20.1. The van der Waals surface area contributed by atoms with Gasteiger partial charge < -0.3 is 5.32 Å². The van der Waals surface area contributed by atoms with Gasteiger partial charge in [0.05, 0.1) is 10.4 Å². The van der Waals surface area contributed by atoms with Crippen LogP contribution in [0.5, 0.6) is 0 Å². The highest BCUT2D eigenvalue weighted by molar-refractivity contribution is 7.89. The average Bonchev–Trinajstić information content (AvgIpc) is 2.69. The van der Waals surface area contributed by atoms with Gasteiger partial charge in [-0.2, -0.15) is 0 Å². The summed E-state index contributed by atoms with van der Waals surface area (Å²) in [5.41, 5.74) is 2.84. The standard InChI is InChI=1S/C22H24ClN3O2S/c1-15-3-2-4-19(13-15)29(27,28)26-18-8-6-17(7-9-18)25-21-11-12-24-22-14-16(23)5-10-20(21)22/h2-5,10-14,17-18,26H,6-9H2,1H3,(H,24,25)/t17-,18+. The van der Waals surface area contributed by atoms with Gasteiger partial charge in [0.2, 0.25) is 10.0 Å². The number of fused-ring (bicyclic) bond motifs is 1. The van der Waals surface area contributed by atoms with Crippen molar-refractivity contribution >= 4 is 38.2 Å². The summed E-state index contributed by atoms with van der Waals surface area (Å²) in [5, 5.41) is 5.32. The fourth-order valence-corrected chi connectivity index (χ4v) is 5.47. The number of anilines is 1. The van der Waals surface area contributed by atoms with E-state index in [-0.39, 0.29) is 6.04 Å². The lowest BCUT2D eigenvalue weighted by Gasteiger charge is -2.30. The van der Waals surface area contributed by atoms with Crippen LogP contribution in [0, 0.1) is 6.92 Å². The molecule has 7 heteroatoms. The van der Waals surface area contributed by atoms with Crippen LogP contribution in [0.2, 0.25) is 5.02 Å². The number of aryl methyl sites for hydroxylation is 1. The molecule has 1 fully saturated rings. The second-order valence-corrected chi connectivity index (χ2v) is 9.80. The normalized spacial score (nSPS) is 19.9. The lowest BCUT2D eigenvalue weighted by Crippen LogP contribution is -2.40. The number of nitrogens with zero attached hydrogens (tertiary/aromatic N) is 1. The summed E-state index contributed by atoms with van der Waals surface area (Å²) in [6.45, 7) is 1.90. The minimum Gasteiger partial charge on any atom is -0.382 e. The van der Waals surface area contributed by atoms with Crippen LogP contribution in [0.15, 0.2) is 59.6 Å². The molecule has 0 aliphatic heterocycles. The zero-order valence-electron chi connectivity index (χ0n) is 16.2. The van der Waals surface area contributed by atoms with Crippen LogP contribution in [-0.2, 0) is 10.0 Å². The fourth-order valence-electron chi connectivity index (χ4n) is 3.89. The molecule has 1 heterocycles. The highest BCUT2D eigenvalue weighted by Gasteiger charge is 2.26. The summed E-state index contributed by atoms with van der Waals surface area (Å²) in [5.74, 6) is 0. The molecule has 3 aromatic rings. The van der Waals surface area contributed by atoms with Gasteiger partial charge in [-0.1, -0.05) is 23.7 Å². The van der Waals surface area contributed by atoms with E-state index in [4.69, 9.17) is 11.6 Å². The summed E-state index contributed by atoms with van der Waals surface area (Å²) in [4.78, 5) is 4.71.